The fourth-order valence-electron chi connectivity index (χ4n) is 3.06. The van der Waals surface area contributed by atoms with E-state index in [1.54, 1.807) is 6.92 Å². The number of methoxy groups -OCH3 is 1. The molecule has 0 bridgehead atoms. The SMILES string of the molecule is CCOC(=O)[C@@H](NC(=O)OC)[C@H]1C[C@@H](C)O[C@H](C2CC2)C1. The van der Waals surface area contributed by atoms with Crippen LogP contribution >= 0.6 is 0 Å². The number of nitrogens with one attached hydrogen (secondary N) is 1. The molecule has 1 aliphatic heterocycles. The zero-order valence-corrected chi connectivity index (χ0v) is 13.0. The van der Waals surface area contributed by atoms with Crippen molar-refractivity contribution in [1.29, 1.82) is 0 Å². The summed E-state index contributed by atoms with van der Waals surface area (Å²) in [5.41, 5.74) is 0. The second-order valence-electron chi connectivity index (χ2n) is 5.92. The molecule has 0 aromatic heterocycles. The Balaban J connectivity index is 2.05. The van der Waals surface area contributed by atoms with Crippen molar-refractivity contribution in [3.8, 4) is 0 Å². The van der Waals surface area contributed by atoms with Crippen molar-refractivity contribution in [3.05, 3.63) is 0 Å². The predicted molar refractivity (Wildman–Crippen MR) is 75.7 cm³/mol. The maximum atomic E-state index is 12.2. The van der Waals surface area contributed by atoms with Crippen LogP contribution in [0.2, 0.25) is 0 Å². The van der Waals surface area contributed by atoms with E-state index in [0.717, 1.165) is 12.8 Å². The van der Waals surface area contributed by atoms with E-state index in [0.29, 0.717) is 12.5 Å². The predicted octanol–water partition coefficient (Wildman–Crippen LogP) is 1.87. The van der Waals surface area contributed by atoms with Gasteiger partial charge in [-0.05, 0) is 51.4 Å². The van der Waals surface area contributed by atoms with Gasteiger partial charge in [0.05, 0.1) is 25.9 Å². The molecule has 0 radical (unpaired) electrons. The third kappa shape index (κ3) is 4.33. The Hall–Kier alpha value is -1.30. The van der Waals surface area contributed by atoms with Crippen molar-refractivity contribution in [2.75, 3.05) is 13.7 Å². The number of hydrogen-bond acceptors (Lipinski definition) is 5. The first-order valence-electron chi connectivity index (χ1n) is 7.71. The largest absolute Gasteiger partial charge is 0.464 e. The molecule has 2 rings (SSSR count). The van der Waals surface area contributed by atoms with Crippen LogP contribution in [-0.2, 0) is 19.0 Å². The molecule has 2 fully saturated rings. The average molecular weight is 299 g/mol. The third-order valence-corrected chi connectivity index (χ3v) is 4.20. The Kier molecular flexibility index (Phi) is 5.45. The van der Waals surface area contributed by atoms with Crippen molar-refractivity contribution in [2.24, 2.45) is 11.8 Å². The summed E-state index contributed by atoms with van der Waals surface area (Å²) < 4.78 is 15.7. The Bertz CT molecular complexity index is 382. The fraction of sp³-hybridized carbons (Fsp3) is 0.867. The van der Waals surface area contributed by atoms with Gasteiger partial charge >= 0.3 is 12.1 Å². The monoisotopic (exact) mass is 299 g/mol. The summed E-state index contributed by atoms with van der Waals surface area (Å²) in [6, 6.07) is -0.662. The first-order chi connectivity index (χ1) is 10.0. The van der Waals surface area contributed by atoms with Gasteiger partial charge in [-0.3, -0.25) is 0 Å². The smallest absolute Gasteiger partial charge is 0.407 e. The van der Waals surface area contributed by atoms with E-state index in [9.17, 15) is 9.59 Å². The third-order valence-electron chi connectivity index (χ3n) is 4.20. The van der Waals surface area contributed by atoms with Crippen LogP contribution in [-0.4, -0.2) is 44.0 Å². The Morgan fingerprint density at radius 1 is 1.33 bits per heavy atom. The van der Waals surface area contributed by atoms with Crippen LogP contribution in [0.15, 0.2) is 0 Å². The molecule has 120 valence electrons. The molecule has 1 saturated heterocycles. The number of amides is 1. The lowest BCUT2D eigenvalue weighted by atomic mass is 9.84. The van der Waals surface area contributed by atoms with Crippen LogP contribution in [0.4, 0.5) is 4.79 Å². The number of rotatable bonds is 5. The molecule has 0 spiro atoms. The summed E-state index contributed by atoms with van der Waals surface area (Å²) >= 11 is 0. The average Bonchev–Trinajstić information content (AvgIpc) is 3.28. The highest BCUT2D eigenvalue weighted by Gasteiger charge is 2.42. The molecule has 1 amide bonds. The molecule has 0 aromatic rings. The van der Waals surface area contributed by atoms with Crippen LogP contribution in [0.25, 0.3) is 0 Å². The number of ether oxygens (including phenoxy) is 3. The summed E-state index contributed by atoms with van der Waals surface area (Å²) in [4.78, 5) is 23.7. The normalized spacial score (nSPS) is 30.3. The minimum atomic E-state index is -0.662. The highest BCUT2D eigenvalue weighted by atomic mass is 16.5. The fourth-order valence-corrected chi connectivity index (χ4v) is 3.06. The highest BCUT2D eigenvalue weighted by molar-refractivity contribution is 5.81. The van der Waals surface area contributed by atoms with E-state index >= 15 is 0 Å². The number of esters is 1. The number of carbonyl (C=O) groups excluding carboxylic acids is 2. The first kappa shape index (κ1) is 16.1. The van der Waals surface area contributed by atoms with E-state index < -0.39 is 18.1 Å². The molecule has 1 saturated carbocycles. The van der Waals surface area contributed by atoms with Crippen LogP contribution in [0.5, 0.6) is 0 Å². The molecular weight excluding hydrogens is 274 g/mol. The van der Waals surface area contributed by atoms with Gasteiger partial charge in [0.25, 0.3) is 0 Å². The minimum absolute atomic E-state index is 0.0255. The van der Waals surface area contributed by atoms with Gasteiger partial charge in [-0.2, -0.15) is 0 Å². The zero-order valence-electron chi connectivity index (χ0n) is 13.0. The Morgan fingerprint density at radius 3 is 2.62 bits per heavy atom. The van der Waals surface area contributed by atoms with E-state index in [1.165, 1.54) is 20.0 Å². The van der Waals surface area contributed by atoms with Crippen molar-refractivity contribution in [2.45, 2.75) is 57.8 Å². The van der Waals surface area contributed by atoms with E-state index in [2.05, 4.69) is 10.1 Å². The van der Waals surface area contributed by atoms with Crippen LogP contribution in [0.1, 0.15) is 39.5 Å². The molecule has 6 nitrogen and oxygen atoms in total. The maximum Gasteiger partial charge on any atom is 0.407 e. The second kappa shape index (κ2) is 7.11. The van der Waals surface area contributed by atoms with Crippen molar-refractivity contribution >= 4 is 12.1 Å². The van der Waals surface area contributed by atoms with E-state index in [1.807, 2.05) is 6.92 Å². The standard InChI is InChI=1S/C15H25NO5/c1-4-20-14(17)13(16-15(18)19-3)11-7-9(2)21-12(8-11)10-5-6-10/h9-13H,4-8H2,1-3H3,(H,16,18)/t9-,11+,12+,13+/m1/s1. The number of hydrogen-bond donors (Lipinski definition) is 1. The van der Waals surface area contributed by atoms with Crippen LogP contribution in [0.3, 0.4) is 0 Å². The summed E-state index contributed by atoms with van der Waals surface area (Å²) in [5.74, 6) is 0.241. The molecule has 4 atom stereocenters. The van der Waals surface area contributed by atoms with Gasteiger partial charge in [0, 0.05) is 0 Å². The number of carbonyl (C=O) groups is 2. The van der Waals surface area contributed by atoms with E-state index in [4.69, 9.17) is 9.47 Å². The minimum Gasteiger partial charge on any atom is -0.464 e. The van der Waals surface area contributed by atoms with Crippen molar-refractivity contribution in [3.63, 3.8) is 0 Å². The Morgan fingerprint density at radius 2 is 2.05 bits per heavy atom. The lowest BCUT2D eigenvalue weighted by Crippen LogP contribution is -2.50. The quantitative estimate of drug-likeness (QED) is 0.784. The summed E-state index contributed by atoms with van der Waals surface area (Å²) in [6.45, 7) is 4.07. The molecule has 6 heteroatoms. The molecule has 21 heavy (non-hydrogen) atoms. The lowest BCUT2D eigenvalue weighted by molar-refractivity contribution is -0.150. The van der Waals surface area contributed by atoms with Gasteiger partial charge in [-0.1, -0.05) is 0 Å². The van der Waals surface area contributed by atoms with Gasteiger partial charge in [-0.15, -0.1) is 0 Å². The molecule has 1 heterocycles. The van der Waals surface area contributed by atoms with Crippen molar-refractivity contribution < 1.29 is 23.8 Å². The van der Waals surface area contributed by atoms with E-state index in [-0.39, 0.29) is 18.1 Å². The molecule has 1 N–H and O–H groups in total. The first-order valence-corrected chi connectivity index (χ1v) is 7.71. The van der Waals surface area contributed by atoms with Gasteiger partial charge in [0.1, 0.15) is 6.04 Å². The van der Waals surface area contributed by atoms with Gasteiger partial charge in [-0.25, -0.2) is 9.59 Å². The summed E-state index contributed by atoms with van der Waals surface area (Å²) in [5, 5.41) is 2.63. The maximum absolute atomic E-state index is 12.2. The Labute approximate surface area is 125 Å². The van der Waals surface area contributed by atoms with Gasteiger partial charge in [0.15, 0.2) is 0 Å². The molecule has 2 aliphatic rings. The summed E-state index contributed by atoms with van der Waals surface area (Å²) in [7, 11) is 1.29. The molecule has 1 aliphatic carbocycles. The molecule has 0 aromatic carbocycles. The van der Waals surface area contributed by atoms with Gasteiger partial charge in [0.2, 0.25) is 0 Å². The van der Waals surface area contributed by atoms with Gasteiger partial charge < -0.3 is 19.5 Å². The number of alkyl carbamates (subject to hydrolysis) is 1. The molecule has 0 unspecified atom stereocenters. The lowest BCUT2D eigenvalue weighted by Gasteiger charge is -2.37. The highest BCUT2D eigenvalue weighted by Crippen LogP contribution is 2.41. The topological polar surface area (TPSA) is 73.9 Å². The zero-order chi connectivity index (χ0) is 15.4. The molecular formula is C15H25NO5. The van der Waals surface area contributed by atoms with Crippen LogP contribution < -0.4 is 5.32 Å². The second-order valence-corrected chi connectivity index (χ2v) is 5.92. The van der Waals surface area contributed by atoms with Crippen molar-refractivity contribution in [1.82, 2.24) is 5.32 Å². The van der Waals surface area contributed by atoms with Crippen LogP contribution in [0, 0.1) is 11.8 Å². The summed E-state index contributed by atoms with van der Waals surface area (Å²) in [6.07, 6.45) is 3.58.